The van der Waals surface area contributed by atoms with Crippen molar-refractivity contribution in [1.29, 1.82) is 0 Å². The number of halogens is 1. The summed E-state index contributed by atoms with van der Waals surface area (Å²) in [5.74, 6) is -0.193. The lowest BCUT2D eigenvalue weighted by Gasteiger charge is -2.29. The van der Waals surface area contributed by atoms with Crippen molar-refractivity contribution in [1.82, 2.24) is 16.0 Å². The summed E-state index contributed by atoms with van der Waals surface area (Å²) in [6, 6.07) is 7.41. The van der Waals surface area contributed by atoms with Crippen molar-refractivity contribution in [2.24, 2.45) is 0 Å². The number of methoxy groups -OCH3 is 1. The molecule has 20 heavy (non-hydrogen) atoms. The highest BCUT2D eigenvalue weighted by Crippen LogP contribution is 2.19. The van der Waals surface area contributed by atoms with E-state index < -0.39 is 0 Å². The molecule has 0 aliphatic carbocycles. The Hall–Kier alpha value is -1.01. The van der Waals surface area contributed by atoms with E-state index in [1.54, 1.807) is 7.11 Å². The third-order valence-electron chi connectivity index (χ3n) is 3.62. The van der Waals surface area contributed by atoms with Gasteiger partial charge in [0, 0.05) is 45.4 Å². The molecule has 0 radical (unpaired) electrons. The van der Waals surface area contributed by atoms with E-state index in [2.05, 4.69) is 16.0 Å². The van der Waals surface area contributed by atoms with Gasteiger partial charge in [-0.05, 0) is 24.1 Å². The molecule has 2 atom stereocenters. The molecular formula is C15H24FN3O. The molecule has 1 heterocycles. The van der Waals surface area contributed by atoms with Gasteiger partial charge in [-0.2, -0.15) is 0 Å². The van der Waals surface area contributed by atoms with E-state index in [0.717, 1.165) is 38.2 Å². The number of nitrogens with one attached hydrogen (secondary N) is 3. The molecule has 5 heteroatoms. The second-order valence-electron chi connectivity index (χ2n) is 5.14. The zero-order chi connectivity index (χ0) is 14.2. The number of hydrogen-bond donors (Lipinski definition) is 3. The van der Waals surface area contributed by atoms with Crippen molar-refractivity contribution in [2.45, 2.75) is 18.5 Å². The Balaban J connectivity index is 1.97. The first-order valence-corrected chi connectivity index (χ1v) is 7.21. The van der Waals surface area contributed by atoms with E-state index in [1.807, 2.05) is 12.1 Å². The topological polar surface area (TPSA) is 45.3 Å². The van der Waals surface area contributed by atoms with Gasteiger partial charge < -0.3 is 20.7 Å². The normalized spacial score (nSPS) is 20.8. The first-order chi connectivity index (χ1) is 9.79. The maximum Gasteiger partial charge on any atom is 0.123 e. The molecule has 0 bridgehead atoms. The van der Waals surface area contributed by atoms with E-state index in [9.17, 15) is 4.39 Å². The molecule has 0 amide bonds. The van der Waals surface area contributed by atoms with Gasteiger partial charge in [0.15, 0.2) is 0 Å². The van der Waals surface area contributed by atoms with Crippen LogP contribution in [0.25, 0.3) is 0 Å². The van der Waals surface area contributed by atoms with Crippen LogP contribution in [0.5, 0.6) is 0 Å². The Morgan fingerprint density at radius 1 is 1.35 bits per heavy atom. The predicted molar refractivity (Wildman–Crippen MR) is 78.3 cm³/mol. The molecule has 112 valence electrons. The van der Waals surface area contributed by atoms with Crippen LogP contribution in [0.3, 0.4) is 0 Å². The van der Waals surface area contributed by atoms with Gasteiger partial charge in [-0.3, -0.25) is 0 Å². The molecule has 1 aliphatic heterocycles. The number of rotatable bonds is 7. The fourth-order valence-corrected chi connectivity index (χ4v) is 2.53. The maximum absolute atomic E-state index is 13.1. The molecule has 0 spiro atoms. The van der Waals surface area contributed by atoms with Crippen LogP contribution >= 0.6 is 0 Å². The highest BCUT2D eigenvalue weighted by atomic mass is 19.1. The molecule has 0 aromatic heterocycles. The van der Waals surface area contributed by atoms with E-state index in [-0.39, 0.29) is 11.9 Å². The van der Waals surface area contributed by atoms with Gasteiger partial charge in [0.1, 0.15) is 5.82 Å². The SMILES string of the molecule is COCCNC(CC1CNCCN1)c1ccc(F)cc1. The van der Waals surface area contributed by atoms with Gasteiger partial charge in [0.05, 0.1) is 6.61 Å². The minimum atomic E-state index is -0.193. The third-order valence-corrected chi connectivity index (χ3v) is 3.62. The molecule has 0 saturated carbocycles. The van der Waals surface area contributed by atoms with Crippen molar-refractivity contribution in [3.05, 3.63) is 35.6 Å². The average molecular weight is 281 g/mol. The molecule has 1 aromatic rings. The van der Waals surface area contributed by atoms with E-state index in [1.165, 1.54) is 12.1 Å². The van der Waals surface area contributed by atoms with Crippen LogP contribution in [0.2, 0.25) is 0 Å². The molecule has 4 nitrogen and oxygen atoms in total. The van der Waals surface area contributed by atoms with Gasteiger partial charge >= 0.3 is 0 Å². The van der Waals surface area contributed by atoms with Crippen LogP contribution in [0, 0.1) is 5.82 Å². The third kappa shape index (κ3) is 4.83. The molecule has 2 unspecified atom stereocenters. The lowest BCUT2D eigenvalue weighted by Crippen LogP contribution is -2.49. The minimum Gasteiger partial charge on any atom is -0.383 e. The minimum absolute atomic E-state index is 0.193. The van der Waals surface area contributed by atoms with Crippen molar-refractivity contribution in [3.63, 3.8) is 0 Å². The molecule has 3 N–H and O–H groups in total. The van der Waals surface area contributed by atoms with E-state index in [4.69, 9.17) is 4.74 Å². The Labute approximate surface area is 120 Å². The van der Waals surface area contributed by atoms with Crippen molar-refractivity contribution in [3.8, 4) is 0 Å². The smallest absolute Gasteiger partial charge is 0.123 e. The highest BCUT2D eigenvalue weighted by molar-refractivity contribution is 5.20. The van der Waals surface area contributed by atoms with E-state index in [0.29, 0.717) is 12.6 Å². The second kappa shape index (κ2) is 8.32. The average Bonchev–Trinajstić information content (AvgIpc) is 2.48. The summed E-state index contributed by atoms with van der Waals surface area (Å²) in [6.07, 6.45) is 0.975. The number of hydrogen-bond acceptors (Lipinski definition) is 4. The summed E-state index contributed by atoms with van der Waals surface area (Å²) in [6.45, 7) is 4.46. The van der Waals surface area contributed by atoms with Gasteiger partial charge in [0.25, 0.3) is 0 Å². The zero-order valence-corrected chi connectivity index (χ0v) is 12.0. The van der Waals surface area contributed by atoms with Crippen LogP contribution in [0.15, 0.2) is 24.3 Å². The van der Waals surface area contributed by atoms with Gasteiger partial charge in [-0.15, -0.1) is 0 Å². The first-order valence-electron chi connectivity index (χ1n) is 7.21. The summed E-state index contributed by atoms with van der Waals surface area (Å²) < 4.78 is 18.1. The predicted octanol–water partition coefficient (Wildman–Crippen LogP) is 1.05. The van der Waals surface area contributed by atoms with Crippen molar-refractivity contribution >= 4 is 0 Å². The van der Waals surface area contributed by atoms with Gasteiger partial charge in [-0.25, -0.2) is 4.39 Å². The molecule has 1 fully saturated rings. The Morgan fingerprint density at radius 3 is 2.80 bits per heavy atom. The Kier molecular flexibility index (Phi) is 6.39. The number of ether oxygens (including phenoxy) is 1. The lowest BCUT2D eigenvalue weighted by atomic mass is 9.98. The standard InChI is InChI=1S/C15H24FN3O/c1-20-9-8-19-15(10-14-11-17-6-7-18-14)12-2-4-13(16)5-3-12/h2-5,14-15,17-19H,6-11H2,1H3. The lowest BCUT2D eigenvalue weighted by molar-refractivity contribution is 0.193. The number of piperazine rings is 1. The quantitative estimate of drug-likeness (QED) is 0.654. The van der Waals surface area contributed by atoms with Crippen LogP contribution in [0.1, 0.15) is 18.0 Å². The highest BCUT2D eigenvalue weighted by Gasteiger charge is 2.19. The van der Waals surface area contributed by atoms with Crippen LogP contribution in [0.4, 0.5) is 4.39 Å². The molecule has 1 saturated heterocycles. The zero-order valence-electron chi connectivity index (χ0n) is 12.0. The molecule has 1 aliphatic rings. The Morgan fingerprint density at radius 2 is 2.15 bits per heavy atom. The van der Waals surface area contributed by atoms with Gasteiger partial charge in [-0.1, -0.05) is 12.1 Å². The maximum atomic E-state index is 13.1. The van der Waals surface area contributed by atoms with Gasteiger partial charge in [0.2, 0.25) is 0 Å². The molecule has 2 rings (SSSR count). The fraction of sp³-hybridized carbons (Fsp3) is 0.600. The second-order valence-corrected chi connectivity index (χ2v) is 5.14. The van der Waals surface area contributed by atoms with Crippen molar-refractivity contribution in [2.75, 3.05) is 39.9 Å². The first kappa shape index (κ1) is 15.4. The largest absolute Gasteiger partial charge is 0.383 e. The summed E-state index contributed by atoms with van der Waals surface area (Å²) in [7, 11) is 1.70. The van der Waals surface area contributed by atoms with E-state index >= 15 is 0 Å². The molecular weight excluding hydrogens is 257 g/mol. The van der Waals surface area contributed by atoms with Crippen LogP contribution < -0.4 is 16.0 Å². The van der Waals surface area contributed by atoms with Crippen LogP contribution in [-0.2, 0) is 4.74 Å². The van der Waals surface area contributed by atoms with Crippen molar-refractivity contribution < 1.29 is 9.13 Å². The fourth-order valence-electron chi connectivity index (χ4n) is 2.53. The Bertz CT molecular complexity index is 379. The monoisotopic (exact) mass is 281 g/mol. The number of benzene rings is 1. The summed E-state index contributed by atoms with van der Waals surface area (Å²) >= 11 is 0. The molecule has 1 aromatic carbocycles. The summed E-state index contributed by atoms with van der Waals surface area (Å²) in [4.78, 5) is 0. The van der Waals surface area contributed by atoms with Crippen LogP contribution in [-0.4, -0.2) is 45.9 Å². The summed E-state index contributed by atoms with van der Waals surface area (Å²) in [5.41, 5.74) is 1.12. The summed E-state index contributed by atoms with van der Waals surface area (Å²) in [5, 5.41) is 10.4.